The van der Waals surface area contributed by atoms with Crippen LogP contribution in [-0.2, 0) is 6.54 Å². The predicted octanol–water partition coefficient (Wildman–Crippen LogP) is 2.64. The van der Waals surface area contributed by atoms with E-state index in [1.165, 1.54) is 15.9 Å². The molecule has 1 aliphatic heterocycles. The van der Waals surface area contributed by atoms with E-state index in [-0.39, 0.29) is 17.9 Å². The third kappa shape index (κ3) is 2.39. The lowest BCUT2D eigenvalue weighted by molar-refractivity contribution is 0.0637. The van der Waals surface area contributed by atoms with E-state index >= 15 is 0 Å². The third-order valence-electron chi connectivity index (χ3n) is 4.63. The summed E-state index contributed by atoms with van der Waals surface area (Å²) in [5.74, 6) is -0.504. The Morgan fingerprint density at radius 3 is 2.25 bits per heavy atom. The van der Waals surface area contributed by atoms with Gasteiger partial charge in [0.2, 0.25) is 0 Å². The number of nitrogens with zero attached hydrogens (tertiary/aromatic N) is 4. The van der Waals surface area contributed by atoms with Gasteiger partial charge in [-0.3, -0.25) is 19.3 Å². The van der Waals surface area contributed by atoms with E-state index in [0.717, 1.165) is 4.90 Å². The molecule has 0 N–H and O–H groups in total. The minimum absolute atomic E-state index is 0.119. The highest BCUT2D eigenvalue weighted by molar-refractivity contribution is 7.12. The number of carbonyl (C=O) groups is 2. The maximum absolute atomic E-state index is 13.1. The van der Waals surface area contributed by atoms with Crippen LogP contribution in [0.4, 0.5) is 0 Å². The van der Waals surface area contributed by atoms with Gasteiger partial charge >= 0.3 is 0 Å². The van der Waals surface area contributed by atoms with Gasteiger partial charge in [0.1, 0.15) is 5.82 Å². The van der Waals surface area contributed by atoms with Crippen molar-refractivity contribution >= 4 is 34.1 Å². The van der Waals surface area contributed by atoms with E-state index < -0.39 is 11.8 Å². The van der Waals surface area contributed by atoms with Crippen LogP contribution in [0.1, 0.15) is 26.5 Å². The number of para-hydroxylation sites is 1. The molecule has 0 saturated carbocycles. The summed E-state index contributed by atoms with van der Waals surface area (Å²) in [4.78, 5) is 48.5. The lowest BCUT2D eigenvalue weighted by Gasteiger charge is -2.17. The summed E-state index contributed by atoms with van der Waals surface area (Å²) in [5, 5.41) is 2.64. The number of fused-ring (bicyclic) bond motifs is 2. The molecule has 28 heavy (non-hydrogen) atoms. The SMILES string of the molecule is O=C1c2ccccc2C(=O)N1Cc1nc2ccccc2c(=O)n1-c1nccs1. The van der Waals surface area contributed by atoms with Crippen LogP contribution >= 0.6 is 11.3 Å². The van der Waals surface area contributed by atoms with Crippen molar-refractivity contribution < 1.29 is 9.59 Å². The smallest absolute Gasteiger partial charge is 0.267 e. The highest BCUT2D eigenvalue weighted by Gasteiger charge is 2.36. The van der Waals surface area contributed by atoms with Gasteiger partial charge in [-0.25, -0.2) is 14.5 Å². The van der Waals surface area contributed by atoms with Gasteiger partial charge in [-0.1, -0.05) is 24.3 Å². The number of hydrogen-bond donors (Lipinski definition) is 0. The predicted molar refractivity (Wildman–Crippen MR) is 104 cm³/mol. The fourth-order valence-electron chi connectivity index (χ4n) is 3.33. The average Bonchev–Trinajstić information content (AvgIpc) is 3.32. The van der Waals surface area contributed by atoms with Crippen molar-refractivity contribution in [3.05, 3.63) is 87.4 Å². The lowest BCUT2D eigenvalue weighted by atomic mass is 10.1. The Morgan fingerprint density at radius 2 is 1.57 bits per heavy atom. The Balaban J connectivity index is 1.68. The second-order valence-corrected chi connectivity index (χ2v) is 7.12. The molecule has 0 spiro atoms. The van der Waals surface area contributed by atoms with Crippen LogP contribution in [0.2, 0.25) is 0 Å². The molecule has 0 aliphatic carbocycles. The molecule has 3 heterocycles. The first kappa shape index (κ1) is 16.5. The zero-order chi connectivity index (χ0) is 19.3. The highest BCUT2D eigenvalue weighted by atomic mass is 32.1. The topological polar surface area (TPSA) is 85.2 Å². The second kappa shape index (κ2) is 6.21. The summed E-state index contributed by atoms with van der Waals surface area (Å²) in [6.45, 7) is -0.119. The summed E-state index contributed by atoms with van der Waals surface area (Å²) in [6, 6.07) is 13.7. The van der Waals surface area contributed by atoms with Gasteiger partial charge in [0.25, 0.3) is 17.4 Å². The summed E-state index contributed by atoms with van der Waals surface area (Å²) in [7, 11) is 0. The molecule has 2 aromatic carbocycles. The van der Waals surface area contributed by atoms with Crippen molar-refractivity contribution in [1.29, 1.82) is 0 Å². The zero-order valence-corrected chi connectivity index (χ0v) is 15.2. The summed E-state index contributed by atoms with van der Waals surface area (Å²) >= 11 is 1.28. The molecule has 0 unspecified atom stereocenters. The first-order chi connectivity index (χ1) is 13.6. The molecular formula is C20H12N4O3S. The fraction of sp³-hybridized carbons (Fsp3) is 0.0500. The van der Waals surface area contributed by atoms with Crippen LogP contribution in [0.3, 0.4) is 0 Å². The quantitative estimate of drug-likeness (QED) is 0.504. The lowest BCUT2D eigenvalue weighted by Crippen LogP contribution is -2.33. The Hall–Kier alpha value is -3.65. The Morgan fingerprint density at radius 1 is 0.893 bits per heavy atom. The largest absolute Gasteiger partial charge is 0.269 e. The number of rotatable bonds is 3. The first-order valence-corrected chi connectivity index (χ1v) is 9.39. The zero-order valence-electron chi connectivity index (χ0n) is 14.4. The monoisotopic (exact) mass is 388 g/mol. The second-order valence-electron chi connectivity index (χ2n) is 6.24. The van der Waals surface area contributed by atoms with Crippen molar-refractivity contribution in [2.75, 3.05) is 0 Å². The van der Waals surface area contributed by atoms with Gasteiger partial charge in [-0.2, -0.15) is 0 Å². The van der Waals surface area contributed by atoms with E-state index in [1.807, 2.05) is 0 Å². The number of amides is 2. The van der Waals surface area contributed by atoms with Crippen LogP contribution in [0.5, 0.6) is 0 Å². The van der Waals surface area contributed by atoms with Gasteiger partial charge < -0.3 is 0 Å². The standard InChI is InChI=1S/C20H12N4O3S/c25-17-12-5-1-2-6-13(12)18(26)23(17)11-16-22-15-8-4-3-7-14(15)19(27)24(16)20-21-9-10-28-20/h1-10H,11H2. The fourth-order valence-corrected chi connectivity index (χ4v) is 3.99. The van der Waals surface area contributed by atoms with Crippen molar-refractivity contribution in [3.63, 3.8) is 0 Å². The van der Waals surface area contributed by atoms with Crippen LogP contribution < -0.4 is 5.56 Å². The number of imide groups is 1. The molecule has 2 amide bonds. The van der Waals surface area contributed by atoms with E-state index in [4.69, 9.17) is 0 Å². The molecule has 0 fully saturated rings. The minimum atomic E-state index is -0.395. The van der Waals surface area contributed by atoms with Crippen molar-refractivity contribution in [3.8, 4) is 5.13 Å². The normalized spacial score (nSPS) is 13.4. The van der Waals surface area contributed by atoms with Gasteiger partial charge in [-0.15, -0.1) is 11.3 Å². The van der Waals surface area contributed by atoms with Crippen LogP contribution in [0.15, 0.2) is 64.9 Å². The van der Waals surface area contributed by atoms with E-state index in [0.29, 0.717) is 27.2 Å². The molecule has 0 radical (unpaired) electrons. The molecular weight excluding hydrogens is 376 g/mol. The van der Waals surface area contributed by atoms with Crippen molar-refractivity contribution in [2.24, 2.45) is 0 Å². The number of carbonyl (C=O) groups excluding carboxylic acids is 2. The summed E-state index contributed by atoms with van der Waals surface area (Å²) in [6.07, 6.45) is 1.59. The van der Waals surface area contributed by atoms with Gasteiger partial charge in [0.15, 0.2) is 5.13 Å². The Kier molecular flexibility index (Phi) is 3.66. The van der Waals surface area contributed by atoms with Gasteiger partial charge in [-0.05, 0) is 24.3 Å². The molecule has 2 aromatic heterocycles. The molecule has 136 valence electrons. The number of aromatic nitrogens is 3. The molecule has 7 nitrogen and oxygen atoms in total. The van der Waals surface area contributed by atoms with Crippen LogP contribution in [0.25, 0.3) is 16.0 Å². The third-order valence-corrected chi connectivity index (χ3v) is 5.39. The minimum Gasteiger partial charge on any atom is -0.269 e. The maximum atomic E-state index is 13.1. The van der Waals surface area contributed by atoms with Crippen LogP contribution in [-0.4, -0.2) is 31.2 Å². The van der Waals surface area contributed by atoms with Crippen molar-refractivity contribution in [1.82, 2.24) is 19.4 Å². The first-order valence-electron chi connectivity index (χ1n) is 8.51. The van der Waals surface area contributed by atoms with E-state index in [9.17, 15) is 14.4 Å². The summed E-state index contributed by atoms with van der Waals surface area (Å²) < 4.78 is 1.37. The van der Waals surface area contributed by atoms with Gasteiger partial charge in [0, 0.05) is 11.6 Å². The van der Waals surface area contributed by atoms with E-state index in [1.54, 1.807) is 60.1 Å². The van der Waals surface area contributed by atoms with E-state index in [2.05, 4.69) is 9.97 Å². The Labute approximate surface area is 162 Å². The number of hydrogen-bond acceptors (Lipinski definition) is 6. The molecule has 4 aromatic rings. The molecule has 0 saturated heterocycles. The van der Waals surface area contributed by atoms with Crippen LogP contribution in [0, 0.1) is 0 Å². The Bertz CT molecular complexity index is 1280. The summed E-state index contributed by atoms with van der Waals surface area (Å²) in [5.41, 5.74) is 0.937. The molecule has 0 atom stereocenters. The molecule has 5 rings (SSSR count). The van der Waals surface area contributed by atoms with Crippen molar-refractivity contribution in [2.45, 2.75) is 6.54 Å². The number of thiazole rings is 1. The van der Waals surface area contributed by atoms with Gasteiger partial charge in [0.05, 0.1) is 28.6 Å². The number of benzene rings is 2. The molecule has 1 aliphatic rings. The average molecular weight is 388 g/mol. The molecule has 0 bridgehead atoms. The molecule has 8 heteroatoms. The maximum Gasteiger partial charge on any atom is 0.267 e. The highest BCUT2D eigenvalue weighted by Crippen LogP contribution is 2.25.